The summed E-state index contributed by atoms with van der Waals surface area (Å²) in [7, 11) is -3.98. The van der Waals surface area contributed by atoms with Crippen molar-refractivity contribution in [3.8, 4) is 0 Å². The fourth-order valence-electron chi connectivity index (χ4n) is 4.75. The maximum atomic E-state index is 13.1. The van der Waals surface area contributed by atoms with Crippen molar-refractivity contribution < 1.29 is 26.3 Å². The van der Waals surface area contributed by atoms with Crippen LogP contribution in [-0.2, 0) is 27.5 Å². The Balaban J connectivity index is 1.28. The van der Waals surface area contributed by atoms with Crippen molar-refractivity contribution in [1.29, 1.82) is 0 Å². The van der Waals surface area contributed by atoms with Crippen molar-refractivity contribution in [1.82, 2.24) is 19.0 Å². The fourth-order valence-corrected chi connectivity index (χ4v) is 6.54. The Morgan fingerprint density at radius 1 is 1.10 bits per heavy atom. The van der Waals surface area contributed by atoms with Crippen LogP contribution in [0.4, 0.5) is 13.2 Å². The molecule has 0 bridgehead atoms. The highest BCUT2D eigenvalue weighted by atomic mass is 32.2. The first-order valence-electron chi connectivity index (χ1n) is 10.1. The molecule has 162 valence electrons. The van der Waals surface area contributed by atoms with Gasteiger partial charge in [0.2, 0.25) is 0 Å². The molecule has 4 aliphatic rings. The van der Waals surface area contributed by atoms with Crippen molar-refractivity contribution in [2.24, 2.45) is 11.3 Å². The van der Waals surface area contributed by atoms with Gasteiger partial charge in [-0.05, 0) is 31.6 Å². The van der Waals surface area contributed by atoms with Gasteiger partial charge in [0.25, 0.3) is 10.0 Å². The molecule has 0 radical (unpaired) electrons. The van der Waals surface area contributed by atoms with Gasteiger partial charge in [-0.15, -0.1) is 0 Å². The lowest BCUT2D eigenvalue weighted by Gasteiger charge is -2.61. The number of halogens is 3. The zero-order valence-corrected chi connectivity index (χ0v) is 16.9. The van der Waals surface area contributed by atoms with E-state index >= 15 is 0 Å². The summed E-state index contributed by atoms with van der Waals surface area (Å²) in [6.07, 6.45) is -0.865. The lowest BCUT2D eigenvalue weighted by molar-refractivity contribution is -0.141. The smallest absolute Gasteiger partial charge is 0.381 e. The minimum absolute atomic E-state index is 0.0560. The maximum Gasteiger partial charge on any atom is 0.435 e. The molecule has 4 fully saturated rings. The third-order valence-corrected chi connectivity index (χ3v) is 8.37. The number of likely N-dealkylation sites (tertiary alicyclic amines) is 1. The van der Waals surface area contributed by atoms with E-state index in [4.69, 9.17) is 4.74 Å². The van der Waals surface area contributed by atoms with E-state index in [0.29, 0.717) is 25.2 Å². The van der Waals surface area contributed by atoms with Crippen molar-refractivity contribution in [3.05, 3.63) is 11.8 Å². The first-order valence-corrected chi connectivity index (χ1v) is 11.6. The van der Waals surface area contributed by atoms with Crippen LogP contribution in [0.1, 0.15) is 31.4 Å². The van der Waals surface area contributed by atoms with E-state index in [1.165, 1.54) is 4.31 Å². The van der Waals surface area contributed by atoms with Gasteiger partial charge < -0.3 is 4.74 Å². The lowest BCUT2D eigenvalue weighted by Crippen LogP contribution is -2.74. The molecule has 0 aromatic carbocycles. The third-order valence-electron chi connectivity index (χ3n) is 6.57. The van der Waals surface area contributed by atoms with E-state index in [1.54, 1.807) is 0 Å². The molecule has 3 saturated heterocycles. The number of ether oxygens (including phenoxy) is 1. The molecular formula is C18H25F3N4O3S. The molecule has 29 heavy (non-hydrogen) atoms. The van der Waals surface area contributed by atoms with Crippen LogP contribution in [0, 0.1) is 11.3 Å². The molecular weight excluding hydrogens is 409 g/mol. The topological polar surface area (TPSA) is 67.7 Å². The predicted molar refractivity (Wildman–Crippen MR) is 96.6 cm³/mol. The number of hydrogen-bond donors (Lipinski definition) is 0. The average Bonchev–Trinajstić information content (AvgIpc) is 3.27. The van der Waals surface area contributed by atoms with Crippen molar-refractivity contribution in [3.63, 3.8) is 0 Å². The van der Waals surface area contributed by atoms with Gasteiger partial charge in [-0.2, -0.15) is 22.6 Å². The van der Waals surface area contributed by atoms with Gasteiger partial charge in [0.05, 0.1) is 0 Å². The Kier molecular flexibility index (Phi) is 4.54. The Labute approximate surface area is 167 Å². The highest BCUT2D eigenvalue weighted by molar-refractivity contribution is 7.89. The van der Waals surface area contributed by atoms with Crippen LogP contribution in [0.15, 0.2) is 11.1 Å². The van der Waals surface area contributed by atoms with Crippen LogP contribution in [-0.4, -0.2) is 72.8 Å². The third kappa shape index (κ3) is 3.60. The highest BCUT2D eigenvalue weighted by Gasteiger charge is 2.57. The van der Waals surface area contributed by atoms with Gasteiger partial charge in [0.15, 0.2) is 10.7 Å². The molecule has 1 aromatic rings. The molecule has 3 aliphatic heterocycles. The summed E-state index contributed by atoms with van der Waals surface area (Å²) >= 11 is 0. The second-order valence-electron chi connectivity index (χ2n) is 9.01. The van der Waals surface area contributed by atoms with Gasteiger partial charge in [-0.25, -0.2) is 8.42 Å². The fraction of sp³-hybridized carbons (Fsp3) is 0.833. The summed E-state index contributed by atoms with van der Waals surface area (Å²) in [6.45, 7) is 4.18. The summed E-state index contributed by atoms with van der Waals surface area (Å²) in [6, 6.07) is 1.19. The lowest BCUT2D eigenvalue weighted by atomic mass is 9.73. The molecule has 7 nitrogen and oxygen atoms in total. The van der Waals surface area contributed by atoms with Gasteiger partial charge in [0.1, 0.15) is 0 Å². The molecule has 11 heteroatoms. The van der Waals surface area contributed by atoms with Crippen LogP contribution in [0.5, 0.6) is 0 Å². The quantitative estimate of drug-likeness (QED) is 0.707. The summed E-state index contributed by atoms with van der Waals surface area (Å²) in [4.78, 5) is 2.38. The molecule has 1 aromatic heterocycles. The van der Waals surface area contributed by atoms with E-state index in [0.717, 1.165) is 56.7 Å². The van der Waals surface area contributed by atoms with Crippen molar-refractivity contribution in [2.75, 3.05) is 39.4 Å². The number of hydrogen-bond acceptors (Lipinski definition) is 5. The second-order valence-corrected chi connectivity index (χ2v) is 10.9. The summed E-state index contributed by atoms with van der Waals surface area (Å²) in [5.41, 5.74) is -1.19. The number of alkyl halides is 3. The Bertz CT molecular complexity index is 877. The van der Waals surface area contributed by atoms with Crippen LogP contribution >= 0.6 is 0 Å². The van der Waals surface area contributed by atoms with E-state index in [9.17, 15) is 21.6 Å². The summed E-state index contributed by atoms with van der Waals surface area (Å²) in [5.74, 6) is 0.215. The monoisotopic (exact) mass is 434 g/mol. The van der Waals surface area contributed by atoms with E-state index in [1.807, 2.05) is 0 Å². The summed E-state index contributed by atoms with van der Waals surface area (Å²) in [5, 5.41) is 3.25. The van der Waals surface area contributed by atoms with E-state index in [2.05, 4.69) is 10.00 Å². The van der Waals surface area contributed by atoms with Crippen molar-refractivity contribution >= 4 is 10.0 Å². The number of rotatable bonds is 5. The van der Waals surface area contributed by atoms with Crippen LogP contribution in [0.3, 0.4) is 0 Å². The number of sulfonamides is 1. The number of aromatic nitrogens is 2. The van der Waals surface area contributed by atoms with Gasteiger partial charge >= 0.3 is 6.18 Å². The highest BCUT2D eigenvalue weighted by Crippen LogP contribution is 2.44. The molecule has 1 saturated carbocycles. The molecule has 1 aliphatic carbocycles. The normalized spacial score (nSPS) is 26.4. The standard InChI is InChI=1S/C18H25F3N4O3S/c19-18(20,21)15-7-16(25(22-15)8-13-1-2-13)29(26,27)24-11-17(12-24)9-23(10-17)14-3-5-28-6-4-14/h7,13-14H,1-6,8-12H2. The first-order chi connectivity index (χ1) is 13.7. The SMILES string of the molecule is O=S(=O)(c1cc(C(F)(F)F)nn1CC1CC1)N1CC2(CN(C3CCOCC3)C2)C1. The first kappa shape index (κ1) is 19.8. The molecule has 0 amide bonds. The zero-order chi connectivity index (χ0) is 20.4. The van der Waals surface area contributed by atoms with Crippen LogP contribution in [0.25, 0.3) is 0 Å². The minimum atomic E-state index is -4.66. The molecule has 0 unspecified atom stereocenters. The van der Waals surface area contributed by atoms with Crippen LogP contribution in [0.2, 0.25) is 0 Å². The Morgan fingerprint density at radius 2 is 1.76 bits per heavy atom. The maximum absolute atomic E-state index is 13.1. The molecule has 5 rings (SSSR count). The summed E-state index contributed by atoms with van der Waals surface area (Å²) < 4.78 is 73.2. The van der Waals surface area contributed by atoms with Crippen molar-refractivity contribution in [2.45, 2.75) is 49.5 Å². The van der Waals surface area contributed by atoms with Gasteiger partial charge in [-0.3, -0.25) is 9.58 Å². The largest absolute Gasteiger partial charge is 0.435 e. The average molecular weight is 434 g/mol. The predicted octanol–water partition coefficient (Wildman–Crippen LogP) is 1.80. The van der Waals surface area contributed by atoms with Crippen LogP contribution < -0.4 is 0 Å². The van der Waals surface area contributed by atoms with Gasteiger partial charge in [0, 0.05) is 63.5 Å². The van der Waals surface area contributed by atoms with E-state index < -0.39 is 21.9 Å². The molecule has 0 N–H and O–H groups in total. The molecule has 1 spiro atoms. The Hall–Kier alpha value is -1.17. The zero-order valence-electron chi connectivity index (χ0n) is 16.1. The second kappa shape index (κ2) is 6.66. The Morgan fingerprint density at radius 3 is 2.34 bits per heavy atom. The van der Waals surface area contributed by atoms with E-state index in [-0.39, 0.29) is 22.9 Å². The number of nitrogens with zero attached hydrogens (tertiary/aromatic N) is 4. The minimum Gasteiger partial charge on any atom is -0.381 e. The molecule has 0 atom stereocenters. The van der Waals surface area contributed by atoms with Gasteiger partial charge in [-0.1, -0.05) is 0 Å². The molecule has 4 heterocycles.